The molecule has 23 heavy (non-hydrogen) atoms. The lowest BCUT2D eigenvalue weighted by molar-refractivity contribution is -0.465. The molecule has 3 aliphatic carbocycles. The topological polar surface area (TPSA) is 38.7 Å². The van der Waals surface area contributed by atoms with Gasteiger partial charge in [-0.1, -0.05) is 34.1 Å². The van der Waals surface area contributed by atoms with Crippen molar-refractivity contribution in [1.29, 1.82) is 0 Å². The Morgan fingerprint density at radius 2 is 1.96 bits per heavy atom. The molecule has 1 N–H and O–H groups in total. The first-order valence-electron chi connectivity index (χ1n) is 9.52. The van der Waals surface area contributed by atoms with Gasteiger partial charge < -0.3 is 5.11 Å². The van der Waals surface area contributed by atoms with Gasteiger partial charge in [0.15, 0.2) is 0 Å². The quantitative estimate of drug-likeness (QED) is 0.605. The summed E-state index contributed by atoms with van der Waals surface area (Å²) >= 11 is 0. The van der Waals surface area contributed by atoms with Gasteiger partial charge in [0.05, 0.1) is 0 Å². The van der Waals surface area contributed by atoms with Gasteiger partial charge in [-0.25, -0.2) is 9.78 Å². The third-order valence-corrected chi connectivity index (χ3v) is 8.16. The molecule has 130 valence electrons. The molecule has 1 spiro atoms. The maximum atomic E-state index is 10.1. The summed E-state index contributed by atoms with van der Waals surface area (Å²) in [5.74, 6) is 0.951. The van der Waals surface area contributed by atoms with Crippen molar-refractivity contribution in [2.24, 2.45) is 22.7 Å². The molecule has 5 unspecified atom stereocenters. The highest BCUT2D eigenvalue weighted by molar-refractivity contribution is 5.35. The lowest BCUT2D eigenvalue weighted by Crippen LogP contribution is -2.67. The largest absolute Gasteiger partial charge is 0.396 e. The van der Waals surface area contributed by atoms with Crippen molar-refractivity contribution >= 4 is 0 Å². The molecule has 3 fully saturated rings. The van der Waals surface area contributed by atoms with Crippen molar-refractivity contribution in [2.75, 3.05) is 6.61 Å². The van der Waals surface area contributed by atoms with Crippen LogP contribution in [-0.2, 0) is 9.78 Å². The smallest absolute Gasteiger partial charge is 0.130 e. The van der Waals surface area contributed by atoms with Crippen LogP contribution in [0.1, 0.15) is 72.6 Å². The van der Waals surface area contributed by atoms with E-state index in [1.165, 1.54) is 24.8 Å². The van der Waals surface area contributed by atoms with Gasteiger partial charge in [-0.2, -0.15) is 0 Å². The molecule has 5 atom stereocenters. The maximum absolute atomic E-state index is 10.1. The Balaban J connectivity index is 1.80. The van der Waals surface area contributed by atoms with Crippen LogP contribution < -0.4 is 0 Å². The molecule has 2 heterocycles. The lowest BCUT2D eigenvalue weighted by Gasteiger charge is -2.67. The molecule has 2 aliphatic heterocycles. The molecule has 5 aliphatic rings. The molecule has 1 saturated heterocycles. The summed E-state index contributed by atoms with van der Waals surface area (Å²) in [5.41, 5.74) is 1.14. The van der Waals surface area contributed by atoms with E-state index in [-0.39, 0.29) is 22.0 Å². The van der Waals surface area contributed by atoms with Crippen molar-refractivity contribution in [3.63, 3.8) is 0 Å². The minimum absolute atomic E-state index is 0.0284. The van der Waals surface area contributed by atoms with Gasteiger partial charge in [-0.15, -0.1) is 0 Å². The van der Waals surface area contributed by atoms with Gasteiger partial charge >= 0.3 is 0 Å². The van der Waals surface area contributed by atoms with E-state index in [1.54, 1.807) is 0 Å². The summed E-state index contributed by atoms with van der Waals surface area (Å²) in [6, 6.07) is 0. The second kappa shape index (κ2) is 4.83. The third-order valence-electron chi connectivity index (χ3n) is 8.16. The number of hydrogen-bond acceptors (Lipinski definition) is 3. The molecule has 5 rings (SSSR count). The first-order chi connectivity index (χ1) is 10.8. The van der Waals surface area contributed by atoms with Crippen LogP contribution in [0.15, 0.2) is 11.6 Å². The van der Waals surface area contributed by atoms with E-state index in [0.29, 0.717) is 18.4 Å². The van der Waals surface area contributed by atoms with Crippen molar-refractivity contribution in [1.82, 2.24) is 0 Å². The highest BCUT2D eigenvalue weighted by atomic mass is 17.2. The molecule has 3 heteroatoms. The van der Waals surface area contributed by atoms with Gasteiger partial charge in [-0.3, -0.25) is 0 Å². The molecule has 2 saturated carbocycles. The van der Waals surface area contributed by atoms with E-state index in [1.807, 2.05) is 0 Å². The number of hydrogen-bond donors (Lipinski definition) is 1. The van der Waals surface area contributed by atoms with Crippen molar-refractivity contribution < 1.29 is 14.9 Å². The van der Waals surface area contributed by atoms with E-state index in [4.69, 9.17) is 9.78 Å². The van der Waals surface area contributed by atoms with Gasteiger partial charge in [0.2, 0.25) is 0 Å². The summed E-state index contributed by atoms with van der Waals surface area (Å²) < 4.78 is 0. The Hall–Kier alpha value is -0.380. The fourth-order valence-corrected chi connectivity index (χ4v) is 6.51. The molecular weight excluding hydrogens is 288 g/mol. The second-order valence-electron chi connectivity index (χ2n) is 9.45. The molecule has 0 aromatic heterocycles. The summed E-state index contributed by atoms with van der Waals surface area (Å²) in [4.78, 5) is 12.4. The highest BCUT2D eigenvalue weighted by Crippen LogP contribution is 2.68. The fraction of sp³-hybridized carbons (Fsp3) is 0.900. The maximum Gasteiger partial charge on any atom is 0.130 e. The fourth-order valence-electron chi connectivity index (χ4n) is 6.51. The van der Waals surface area contributed by atoms with Crippen molar-refractivity contribution in [3.05, 3.63) is 11.6 Å². The molecular formula is C20H32O3. The average Bonchev–Trinajstić information content (AvgIpc) is 2.55. The Kier molecular flexibility index (Phi) is 3.38. The van der Waals surface area contributed by atoms with Crippen LogP contribution in [0.25, 0.3) is 0 Å². The van der Waals surface area contributed by atoms with Gasteiger partial charge in [-0.05, 0) is 67.4 Å². The van der Waals surface area contributed by atoms with Crippen molar-refractivity contribution in [3.8, 4) is 0 Å². The first kappa shape index (κ1) is 16.1. The van der Waals surface area contributed by atoms with E-state index in [2.05, 4.69) is 33.8 Å². The van der Waals surface area contributed by atoms with E-state index >= 15 is 0 Å². The normalized spacial score (nSPS) is 52.1. The molecule has 0 aromatic rings. The van der Waals surface area contributed by atoms with Crippen LogP contribution >= 0.6 is 0 Å². The standard InChI is InChI=1S/C20H32O3/c1-14(2)19-10-11-20(23-22-19)15(12-19)6-7-16-17(3,13-21)8-5-9-18(16,20)4/h12,14,16,21H,5-11,13H2,1-4H3. The van der Waals surface area contributed by atoms with Crippen molar-refractivity contribution in [2.45, 2.75) is 83.8 Å². The predicted molar refractivity (Wildman–Crippen MR) is 89.7 cm³/mol. The zero-order valence-electron chi connectivity index (χ0n) is 15.2. The Morgan fingerprint density at radius 3 is 2.57 bits per heavy atom. The second-order valence-corrected chi connectivity index (χ2v) is 9.45. The summed E-state index contributed by atoms with van der Waals surface area (Å²) in [7, 11) is 0. The third kappa shape index (κ3) is 1.82. The van der Waals surface area contributed by atoms with E-state index in [9.17, 15) is 5.11 Å². The minimum Gasteiger partial charge on any atom is -0.396 e. The van der Waals surface area contributed by atoms with Crippen LogP contribution in [0.2, 0.25) is 0 Å². The Bertz CT molecular complexity index is 529. The highest BCUT2D eigenvalue weighted by Gasteiger charge is 2.68. The zero-order valence-corrected chi connectivity index (χ0v) is 15.2. The van der Waals surface area contributed by atoms with Crippen LogP contribution in [0.4, 0.5) is 0 Å². The number of aliphatic hydroxyl groups is 1. The number of rotatable bonds is 2. The molecule has 0 amide bonds. The molecule has 2 bridgehead atoms. The van der Waals surface area contributed by atoms with Gasteiger partial charge in [0.1, 0.15) is 11.2 Å². The predicted octanol–water partition coefficient (Wildman–Crippen LogP) is 4.40. The Morgan fingerprint density at radius 1 is 1.17 bits per heavy atom. The number of aliphatic hydroxyl groups excluding tert-OH is 1. The zero-order chi connectivity index (χ0) is 16.5. The summed E-state index contributed by atoms with van der Waals surface area (Å²) in [6.07, 6.45) is 10.3. The Labute approximate surface area is 140 Å². The van der Waals surface area contributed by atoms with Crippen LogP contribution in [0.3, 0.4) is 0 Å². The monoisotopic (exact) mass is 320 g/mol. The number of fused-ring (bicyclic) bond motifs is 3. The first-order valence-corrected chi connectivity index (χ1v) is 9.52. The average molecular weight is 320 g/mol. The molecule has 0 aromatic carbocycles. The van der Waals surface area contributed by atoms with Crippen LogP contribution in [0, 0.1) is 22.7 Å². The molecule has 0 radical (unpaired) electrons. The van der Waals surface area contributed by atoms with Crippen LogP contribution in [0.5, 0.6) is 0 Å². The summed E-state index contributed by atoms with van der Waals surface area (Å²) in [5, 5.41) is 10.1. The van der Waals surface area contributed by atoms with Crippen LogP contribution in [-0.4, -0.2) is 22.9 Å². The minimum atomic E-state index is -0.247. The summed E-state index contributed by atoms with van der Waals surface area (Å²) in [6.45, 7) is 9.45. The lowest BCUT2D eigenvalue weighted by atomic mass is 9.43. The molecule has 3 nitrogen and oxygen atoms in total. The van der Waals surface area contributed by atoms with Gasteiger partial charge in [0, 0.05) is 12.0 Å². The van der Waals surface area contributed by atoms with E-state index in [0.717, 1.165) is 25.7 Å². The SMILES string of the molecule is CC(C)C12C=C3CCC4C(C)(CO)CCCC4(C)C3(CC1)OO2. The van der Waals surface area contributed by atoms with Gasteiger partial charge in [0.25, 0.3) is 0 Å². The van der Waals surface area contributed by atoms with E-state index < -0.39 is 0 Å².